The molecule has 2 rings (SSSR count). The number of ether oxygens (including phenoxy) is 1. The quantitative estimate of drug-likeness (QED) is 0.812. The molecule has 0 heterocycles. The van der Waals surface area contributed by atoms with E-state index < -0.39 is 5.54 Å². The van der Waals surface area contributed by atoms with Gasteiger partial charge in [0.2, 0.25) is 0 Å². The first-order chi connectivity index (χ1) is 8.27. The maximum absolute atomic E-state index is 12.1. The fourth-order valence-corrected chi connectivity index (χ4v) is 2.43. The minimum absolute atomic E-state index is 0.110. The van der Waals surface area contributed by atoms with Crippen molar-refractivity contribution in [1.29, 1.82) is 0 Å². The standard InChI is InChI=1S/C14H19NO2/c1-2-17-13(16)14(10-6-7-11-14)15-12-8-4-3-5-9-12/h3-5,8-9,15H,2,6-7,10-11H2,1H3. The van der Waals surface area contributed by atoms with Gasteiger partial charge in [-0.05, 0) is 31.9 Å². The zero-order chi connectivity index (χ0) is 12.1. The molecule has 92 valence electrons. The highest BCUT2D eigenvalue weighted by Gasteiger charge is 2.42. The number of hydrogen-bond acceptors (Lipinski definition) is 3. The van der Waals surface area contributed by atoms with Gasteiger partial charge in [0.1, 0.15) is 5.54 Å². The number of carbonyl (C=O) groups is 1. The largest absolute Gasteiger partial charge is 0.464 e. The summed E-state index contributed by atoms with van der Waals surface area (Å²) in [6.45, 7) is 2.29. The van der Waals surface area contributed by atoms with E-state index in [4.69, 9.17) is 4.74 Å². The van der Waals surface area contributed by atoms with Crippen LogP contribution in [0.1, 0.15) is 32.6 Å². The molecule has 0 unspecified atom stereocenters. The van der Waals surface area contributed by atoms with Crippen molar-refractivity contribution in [3.63, 3.8) is 0 Å². The Kier molecular flexibility index (Phi) is 3.67. The lowest BCUT2D eigenvalue weighted by atomic mass is 9.97. The van der Waals surface area contributed by atoms with Crippen LogP contribution in [0, 0.1) is 0 Å². The lowest BCUT2D eigenvalue weighted by Crippen LogP contribution is -2.45. The Bertz CT molecular complexity index is 369. The molecule has 0 atom stereocenters. The lowest BCUT2D eigenvalue weighted by molar-refractivity contribution is -0.148. The van der Waals surface area contributed by atoms with Crippen LogP contribution in [0.3, 0.4) is 0 Å². The molecule has 0 spiro atoms. The van der Waals surface area contributed by atoms with Gasteiger partial charge in [-0.2, -0.15) is 0 Å². The van der Waals surface area contributed by atoms with E-state index in [1.807, 2.05) is 37.3 Å². The Balaban J connectivity index is 2.15. The number of esters is 1. The van der Waals surface area contributed by atoms with Gasteiger partial charge in [0.15, 0.2) is 0 Å². The van der Waals surface area contributed by atoms with Crippen LogP contribution in [-0.4, -0.2) is 18.1 Å². The molecule has 0 radical (unpaired) electrons. The summed E-state index contributed by atoms with van der Waals surface area (Å²) in [5.41, 5.74) is 0.486. The van der Waals surface area contributed by atoms with Crippen LogP contribution in [-0.2, 0) is 9.53 Å². The summed E-state index contributed by atoms with van der Waals surface area (Å²) in [6, 6.07) is 9.88. The summed E-state index contributed by atoms with van der Waals surface area (Å²) in [5, 5.41) is 3.36. The number of benzene rings is 1. The first-order valence-electron chi connectivity index (χ1n) is 6.27. The third-order valence-electron chi connectivity index (χ3n) is 3.28. The van der Waals surface area contributed by atoms with Gasteiger partial charge in [-0.25, -0.2) is 4.79 Å². The Labute approximate surface area is 102 Å². The second kappa shape index (κ2) is 5.21. The van der Waals surface area contributed by atoms with E-state index in [9.17, 15) is 4.79 Å². The fourth-order valence-electron chi connectivity index (χ4n) is 2.43. The van der Waals surface area contributed by atoms with Crippen LogP contribution in [0.5, 0.6) is 0 Å². The first-order valence-corrected chi connectivity index (χ1v) is 6.27. The Morgan fingerprint density at radius 3 is 2.53 bits per heavy atom. The Morgan fingerprint density at radius 1 is 1.29 bits per heavy atom. The maximum atomic E-state index is 12.1. The molecule has 17 heavy (non-hydrogen) atoms. The SMILES string of the molecule is CCOC(=O)C1(Nc2ccccc2)CCCC1. The predicted molar refractivity (Wildman–Crippen MR) is 67.9 cm³/mol. The number of hydrogen-bond donors (Lipinski definition) is 1. The second-order valence-electron chi connectivity index (χ2n) is 4.50. The summed E-state index contributed by atoms with van der Waals surface area (Å²) in [7, 11) is 0. The van der Waals surface area contributed by atoms with Gasteiger partial charge in [0, 0.05) is 5.69 Å². The monoisotopic (exact) mass is 233 g/mol. The third kappa shape index (κ3) is 2.60. The van der Waals surface area contributed by atoms with Gasteiger partial charge < -0.3 is 10.1 Å². The Hall–Kier alpha value is -1.51. The molecule has 1 aromatic carbocycles. The molecular formula is C14H19NO2. The molecule has 0 aliphatic heterocycles. The van der Waals surface area contributed by atoms with E-state index in [1.54, 1.807) is 0 Å². The summed E-state index contributed by atoms with van der Waals surface area (Å²) < 4.78 is 5.20. The normalized spacial score (nSPS) is 17.7. The molecule has 1 N–H and O–H groups in total. The molecule has 1 aliphatic carbocycles. The van der Waals surface area contributed by atoms with Gasteiger partial charge in [0.05, 0.1) is 6.61 Å². The van der Waals surface area contributed by atoms with Crippen LogP contribution < -0.4 is 5.32 Å². The zero-order valence-electron chi connectivity index (χ0n) is 10.2. The van der Waals surface area contributed by atoms with Crippen molar-refractivity contribution >= 4 is 11.7 Å². The van der Waals surface area contributed by atoms with Crippen LogP contribution in [0.25, 0.3) is 0 Å². The summed E-state index contributed by atoms with van der Waals surface area (Å²) >= 11 is 0. The fraction of sp³-hybridized carbons (Fsp3) is 0.500. The van der Waals surface area contributed by atoms with E-state index in [0.717, 1.165) is 31.4 Å². The van der Waals surface area contributed by atoms with Crippen molar-refractivity contribution in [2.75, 3.05) is 11.9 Å². The van der Waals surface area contributed by atoms with Crippen molar-refractivity contribution in [3.05, 3.63) is 30.3 Å². The number of nitrogens with one attached hydrogen (secondary N) is 1. The highest BCUT2D eigenvalue weighted by molar-refractivity contribution is 5.85. The topological polar surface area (TPSA) is 38.3 Å². The average Bonchev–Trinajstić information content (AvgIpc) is 2.80. The average molecular weight is 233 g/mol. The van der Waals surface area contributed by atoms with E-state index >= 15 is 0 Å². The van der Waals surface area contributed by atoms with E-state index in [-0.39, 0.29) is 5.97 Å². The summed E-state index contributed by atoms with van der Waals surface area (Å²) in [5.74, 6) is -0.110. The summed E-state index contributed by atoms with van der Waals surface area (Å²) in [6.07, 6.45) is 3.89. The zero-order valence-corrected chi connectivity index (χ0v) is 10.2. The van der Waals surface area contributed by atoms with Crippen LogP contribution in [0.4, 0.5) is 5.69 Å². The van der Waals surface area contributed by atoms with Crippen LogP contribution in [0.2, 0.25) is 0 Å². The van der Waals surface area contributed by atoms with E-state index in [1.165, 1.54) is 0 Å². The molecule has 1 saturated carbocycles. The van der Waals surface area contributed by atoms with Crippen LogP contribution in [0.15, 0.2) is 30.3 Å². The van der Waals surface area contributed by atoms with Gasteiger partial charge >= 0.3 is 5.97 Å². The number of anilines is 1. The Morgan fingerprint density at radius 2 is 1.94 bits per heavy atom. The lowest BCUT2D eigenvalue weighted by Gasteiger charge is -2.28. The van der Waals surface area contributed by atoms with Crippen LogP contribution >= 0.6 is 0 Å². The maximum Gasteiger partial charge on any atom is 0.331 e. The highest BCUT2D eigenvalue weighted by atomic mass is 16.5. The minimum Gasteiger partial charge on any atom is -0.464 e. The third-order valence-corrected chi connectivity index (χ3v) is 3.28. The molecule has 0 aromatic heterocycles. The molecule has 0 bridgehead atoms. The van der Waals surface area contributed by atoms with E-state index in [2.05, 4.69) is 5.32 Å². The molecule has 1 aromatic rings. The molecule has 3 nitrogen and oxygen atoms in total. The van der Waals surface area contributed by atoms with Gasteiger partial charge in [-0.15, -0.1) is 0 Å². The molecular weight excluding hydrogens is 214 g/mol. The number of carbonyl (C=O) groups excluding carboxylic acids is 1. The predicted octanol–water partition coefficient (Wildman–Crippen LogP) is 2.97. The second-order valence-corrected chi connectivity index (χ2v) is 4.50. The van der Waals surface area contributed by atoms with E-state index in [0.29, 0.717) is 6.61 Å². The molecule has 3 heteroatoms. The smallest absolute Gasteiger partial charge is 0.331 e. The van der Waals surface area contributed by atoms with Crippen molar-refractivity contribution in [2.45, 2.75) is 38.1 Å². The van der Waals surface area contributed by atoms with Gasteiger partial charge in [-0.1, -0.05) is 31.0 Å². The van der Waals surface area contributed by atoms with Gasteiger partial charge in [0.25, 0.3) is 0 Å². The first kappa shape index (κ1) is 12.0. The van der Waals surface area contributed by atoms with Crippen molar-refractivity contribution in [2.24, 2.45) is 0 Å². The molecule has 0 amide bonds. The molecule has 1 fully saturated rings. The van der Waals surface area contributed by atoms with Crippen molar-refractivity contribution in [3.8, 4) is 0 Å². The highest BCUT2D eigenvalue weighted by Crippen LogP contribution is 2.34. The van der Waals surface area contributed by atoms with Gasteiger partial charge in [-0.3, -0.25) is 0 Å². The van der Waals surface area contributed by atoms with Crippen molar-refractivity contribution < 1.29 is 9.53 Å². The number of rotatable bonds is 4. The van der Waals surface area contributed by atoms with Crippen molar-refractivity contribution in [1.82, 2.24) is 0 Å². The molecule has 0 saturated heterocycles. The number of para-hydroxylation sites is 1. The minimum atomic E-state index is -0.503. The summed E-state index contributed by atoms with van der Waals surface area (Å²) in [4.78, 5) is 12.1. The molecule has 1 aliphatic rings.